The summed E-state index contributed by atoms with van der Waals surface area (Å²) >= 11 is 0. The Hall–Kier alpha value is -1.75. The fourth-order valence-electron chi connectivity index (χ4n) is 3.17. The van der Waals surface area contributed by atoms with E-state index in [9.17, 15) is 4.39 Å². The minimum Gasteiger partial charge on any atom is -0.381 e. The van der Waals surface area contributed by atoms with E-state index in [4.69, 9.17) is 9.26 Å². The average molecular weight is 332 g/mol. The van der Waals surface area contributed by atoms with Crippen molar-refractivity contribution in [1.82, 2.24) is 10.1 Å². The van der Waals surface area contributed by atoms with E-state index in [-0.39, 0.29) is 11.2 Å². The number of hydrogen-bond donors (Lipinski definition) is 0. The topological polar surface area (TPSA) is 48.2 Å². The van der Waals surface area contributed by atoms with Crippen LogP contribution in [0.1, 0.15) is 57.3 Å². The molecule has 2 heterocycles. The second-order valence-electron chi connectivity index (χ2n) is 7.78. The zero-order chi connectivity index (χ0) is 17.2. The van der Waals surface area contributed by atoms with Gasteiger partial charge in [-0.3, -0.25) is 0 Å². The number of benzene rings is 1. The van der Waals surface area contributed by atoms with Crippen LogP contribution in [0.3, 0.4) is 0 Å². The molecule has 0 bridgehead atoms. The molecule has 5 heteroatoms. The van der Waals surface area contributed by atoms with Crippen LogP contribution in [0.25, 0.3) is 0 Å². The third kappa shape index (κ3) is 3.66. The van der Waals surface area contributed by atoms with Gasteiger partial charge in [0, 0.05) is 19.6 Å². The van der Waals surface area contributed by atoms with Crippen LogP contribution in [0.4, 0.5) is 4.39 Å². The fourth-order valence-corrected chi connectivity index (χ4v) is 3.17. The van der Waals surface area contributed by atoms with Crippen LogP contribution in [0.2, 0.25) is 0 Å². The molecule has 0 unspecified atom stereocenters. The highest BCUT2D eigenvalue weighted by molar-refractivity contribution is 5.33. The molecule has 0 saturated carbocycles. The molecule has 1 aliphatic heterocycles. The number of ether oxygens (including phenoxy) is 1. The van der Waals surface area contributed by atoms with E-state index >= 15 is 0 Å². The van der Waals surface area contributed by atoms with E-state index in [1.54, 1.807) is 12.1 Å². The summed E-state index contributed by atoms with van der Waals surface area (Å²) in [7, 11) is 0. The van der Waals surface area contributed by atoms with Crippen molar-refractivity contribution in [2.24, 2.45) is 5.41 Å². The third-order valence-corrected chi connectivity index (χ3v) is 4.70. The molecule has 24 heavy (non-hydrogen) atoms. The van der Waals surface area contributed by atoms with Crippen LogP contribution >= 0.6 is 0 Å². The summed E-state index contributed by atoms with van der Waals surface area (Å²) in [6.45, 7) is 7.80. The lowest BCUT2D eigenvalue weighted by atomic mass is 9.74. The highest BCUT2D eigenvalue weighted by Crippen LogP contribution is 2.40. The monoisotopic (exact) mass is 332 g/mol. The first-order valence-electron chi connectivity index (χ1n) is 8.56. The fraction of sp³-hybridized carbons (Fsp3) is 0.579. The average Bonchev–Trinajstić information content (AvgIpc) is 3.02. The molecule has 130 valence electrons. The van der Waals surface area contributed by atoms with E-state index < -0.39 is 5.41 Å². The normalized spacial score (nSPS) is 17.8. The predicted molar refractivity (Wildman–Crippen MR) is 89.3 cm³/mol. The summed E-state index contributed by atoms with van der Waals surface area (Å²) in [5.74, 6) is 1.06. The molecule has 1 fully saturated rings. The van der Waals surface area contributed by atoms with Crippen LogP contribution in [-0.4, -0.2) is 23.4 Å². The van der Waals surface area contributed by atoms with Crippen LogP contribution in [0.5, 0.6) is 0 Å². The lowest BCUT2D eigenvalue weighted by Gasteiger charge is -2.34. The number of aromatic nitrogens is 2. The van der Waals surface area contributed by atoms with Gasteiger partial charge in [-0.2, -0.15) is 4.98 Å². The molecule has 3 rings (SSSR count). The molecular weight excluding hydrogens is 307 g/mol. The van der Waals surface area contributed by atoms with Gasteiger partial charge >= 0.3 is 0 Å². The summed E-state index contributed by atoms with van der Waals surface area (Å²) in [5.41, 5.74) is 0.657. The molecule has 1 aliphatic rings. The van der Waals surface area contributed by atoms with Crippen molar-refractivity contribution in [3.63, 3.8) is 0 Å². The van der Waals surface area contributed by atoms with Crippen molar-refractivity contribution in [3.8, 4) is 0 Å². The van der Waals surface area contributed by atoms with Crippen molar-refractivity contribution in [3.05, 3.63) is 47.4 Å². The van der Waals surface area contributed by atoms with E-state index in [1.807, 2.05) is 6.07 Å². The molecular formula is C19H25FN2O2. The van der Waals surface area contributed by atoms with Gasteiger partial charge in [-0.1, -0.05) is 38.1 Å². The van der Waals surface area contributed by atoms with E-state index in [0.717, 1.165) is 37.1 Å². The van der Waals surface area contributed by atoms with Crippen molar-refractivity contribution in [2.45, 2.75) is 51.9 Å². The predicted octanol–water partition coefficient (Wildman–Crippen LogP) is 4.28. The molecule has 1 aromatic heterocycles. The minimum absolute atomic E-state index is 0.222. The Morgan fingerprint density at radius 3 is 2.62 bits per heavy atom. The van der Waals surface area contributed by atoms with Crippen LogP contribution < -0.4 is 0 Å². The van der Waals surface area contributed by atoms with Crippen molar-refractivity contribution < 1.29 is 13.7 Å². The Balaban J connectivity index is 1.91. The van der Waals surface area contributed by atoms with Gasteiger partial charge in [0.1, 0.15) is 5.82 Å². The first-order valence-corrected chi connectivity index (χ1v) is 8.56. The molecule has 0 atom stereocenters. The number of aryl methyl sites for hydroxylation is 1. The van der Waals surface area contributed by atoms with E-state index in [0.29, 0.717) is 19.1 Å². The van der Waals surface area contributed by atoms with Crippen LogP contribution in [0.15, 0.2) is 28.8 Å². The van der Waals surface area contributed by atoms with Crippen molar-refractivity contribution >= 4 is 0 Å². The molecule has 1 aromatic carbocycles. The zero-order valence-corrected chi connectivity index (χ0v) is 14.6. The third-order valence-electron chi connectivity index (χ3n) is 4.70. The summed E-state index contributed by atoms with van der Waals surface area (Å²) in [5, 5.41) is 4.17. The standard InChI is InChI=1S/C19H25FN2O2/c1-18(2,3)8-7-16-21-17(24-22-16)19(9-11-23-12-10-19)14-5-4-6-15(20)13-14/h4-6,13H,7-12H2,1-3H3. The zero-order valence-electron chi connectivity index (χ0n) is 14.6. The van der Waals surface area contributed by atoms with Gasteiger partial charge < -0.3 is 9.26 Å². The first kappa shape index (κ1) is 17.1. The minimum atomic E-state index is -0.451. The van der Waals surface area contributed by atoms with Crippen molar-refractivity contribution in [1.29, 1.82) is 0 Å². The molecule has 0 aliphatic carbocycles. The summed E-state index contributed by atoms with van der Waals surface area (Å²) in [6.07, 6.45) is 3.21. The molecule has 4 nitrogen and oxygen atoms in total. The second-order valence-corrected chi connectivity index (χ2v) is 7.78. The number of hydrogen-bond acceptors (Lipinski definition) is 4. The highest BCUT2D eigenvalue weighted by Gasteiger charge is 2.41. The first-order chi connectivity index (χ1) is 11.4. The molecule has 2 aromatic rings. The van der Waals surface area contributed by atoms with Gasteiger partial charge in [-0.15, -0.1) is 0 Å². The smallest absolute Gasteiger partial charge is 0.237 e. The van der Waals surface area contributed by atoms with E-state index in [2.05, 4.69) is 30.9 Å². The Morgan fingerprint density at radius 1 is 1.21 bits per heavy atom. The summed E-state index contributed by atoms with van der Waals surface area (Å²) in [6, 6.07) is 6.70. The molecule has 1 saturated heterocycles. The quantitative estimate of drug-likeness (QED) is 0.838. The van der Waals surface area contributed by atoms with Crippen LogP contribution in [-0.2, 0) is 16.6 Å². The molecule has 0 radical (unpaired) electrons. The Kier molecular flexibility index (Phi) is 4.72. The maximum Gasteiger partial charge on any atom is 0.237 e. The summed E-state index contributed by atoms with van der Waals surface area (Å²) < 4.78 is 24.9. The van der Waals surface area contributed by atoms with Crippen LogP contribution in [0, 0.1) is 11.2 Å². The van der Waals surface area contributed by atoms with Gasteiger partial charge in [0.15, 0.2) is 5.82 Å². The van der Waals surface area contributed by atoms with Gasteiger partial charge in [0.25, 0.3) is 0 Å². The highest BCUT2D eigenvalue weighted by atomic mass is 19.1. The lowest BCUT2D eigenvalue weighted by Crippen LogP contribution is -2.35. The Morgan fingerprint density at radius 2 is 1.96 bits per heavy atom. The number of rotatable bonds is 4. The molecule has 0 N–H and O–H groups in total. The van der Waals surface area contributed by atoms with Gasteiger partial charge in [-0.05, 0) is 42.4 Å². The van der Waals surface area contributed by atoms with Crippen molar-refractivity contribution in [2.75, 3.05) is 13.2 Å². The number of halogens is 1. The van der Waals surface area contributed by atoms with Gasteiger partial charge in [-0.25, -0.2) is 4.39 Å². The van der Waals surface area contributed by atoms with Gasteiger partial charge in [0.2, 0.25) is 5.89 Å². The van der Waals surface area contributed by atoms with E-state index in [1.165, 1.54) is 6.07 Å². The molecule has 0 spiro atoms. The SMILES string of the molecule is CC(C)(C)CCc1noc(C2(c3cccc(F)c3)CCOCC2)n1. The largest absolute Gasteiger partial charge is 0.381 e. The maximum atomic E-state index is 13.8. The van der Waals surface area contributed by atoms with Gasteiger partial charge in [0.05, 0.1) is 5.41 Å². The second kappa shape index (κ2) is 6.63. The Bertz CT molecular complexity index is 685. The maximum absolute atomic E-state index is 13.8. The summed E-state index contributed by atoms with van der Waals surface area (Å²) in [4.78, 5) is 4.66. The number of nitrogens with zero attached hydrogens (tertiary/aromatic N) is 2. The Labute approximate surface area is 142 Å². The molecule has 0 amide bonds. The lowest BCUT2D eigenvalue weighted by molar-refractivity contribution is 0.0522.